The summed E-state index contributed by atoms with van der Waals surface area (Å²) in [6.07, 6.45) is 4.61. The molecule has 5 heteroatoms. The van der Waals surface area contributed by atoms with E-state index in [0.717, 1.165) is 0 Å². The number of carbonyl (C=O) groups excluding carboxylic acids is 1. The molecule has 0 aromatic carbocycles. The molecule has 0 saturated heterocycles. The Morgan fingerprint density at radius 3 is 2.68 bits per heavy atom. The van der Waals surface area contributed by atoms with E-state index in [9.17, 15) is 9.90 Å². The zero-order chi connectivity index (χ0) is 14.4. The quantitative estimate of drug-likeness (QED) is 0.620. The first-order chi connectivity index (χ1) is 8.95. The lowest BCUT2D eigenvalue weighted by atomic mass is 9.98. The number of aliphatic hydroxyl groups excluding tert-OH is 1. The van der Waals surface area contributed by atoms with Crippen molar-refractivity contribution < 1.29 is 14.6 Å². The van der Waals surface area contributed by atoms with E-state index in [-0.39, 0.29) is 24.9 Å². The third-order valence-corrected chi connectivity index (χ3v) is 2.62. The number of ether oxygens (including phenoxy) is 1. The third kappa shape index (κ3) is 4.54. The van der Waals surface area contributed by atoms with Crippen LogP contribution < -0.4 is 11.1 Å². The van der Waals surface area contributed by atoms with Crippen LogP contribution in [0.15, 0.2) is 35.4 Å². The number of Topliss-reactive ketones (excluding diaryl/α,β-unsaturated/α-hetero) is 1. The smallest absolute Gasteiger partial charge is 0.164 e. The molecule has 4 N–H and O–H groups in total. The molecule has 1 heterocycles. The standard InChI is InChI=1S/C14H22N2O3/c1-9(2)14(18)12(7-15)13-6-11(4-5-16-13)19-8-10(3)17/h4-6,9-10,16-17H,7-8,15H2,1-3H3/b13-12+. The summed E-state index contributed by atoms with van der Waals surface area (Å²) in [6, 6.07) is 0. The topological polar surface area (TPSA) is 84.6 Å². The highest BCUT2D eigenvalue weighted by Gasteiger charge is 2.17. The van der Waals surface area contributed by atoms with E-state index in [1.54, 1.807) is 25.3 Å². The SMILES string of the molecule is CC(O)COC1=C/C(=C(/CN)C(=O)C(C)C)NC=C1. The van der Waals surface area contributed by atoms with Gasteiger partial charge < -0.3 is 20.9 Å². The molecule has 5 nitrogen and oxygen atoms in total. The van der Waals surface area contributed by atoms with Crippen molar-refractivity contribution in [2.75, 3.05) is 13.2 Å². The van der Waals surface area contributed by atoms with E-state index in [1.807, 2.05) is 13.8 Å². The van der Waals surface area contributed by atoms with Crippen LogP contribution in [-0.2, 0) is 9.53 Å². The maximum absolute atomic E-state index is 12.0. The second-order valence-corrected chi connectivity index (χ2v) is 4.80. The number of nitrogens with two attached hydrogens (primary N) is 1. The van der Waals surface area contributed by atoms with Gasteiger partial charge in [-0.1, -0.05) is 13.8 Å². The minimum atomic E-state index is -0.539. The van der Waals surface area contributed by atoms with Crippen LogP contribution in [0.1, 0.15) is 20.8 Å². The zero-order valence-corrected chi connectivity index (χ0v) is 11.6. The molecule has 0 amide bonds. The Labute approximate surface area is 113 Å². The van der Waals surface area contributed by atoms with Crippen LogP contribution in [0.25, 0.3) is 0 Å². The summed E-state index contributed by atoms with van der Waals surface area (Å²) in [7, 11) is 0. The summed E-state index contributed by atoms with van der Waals surface area (Å²) >= 11 is 0. The Balaban J connectivity index is 2.92. The van der Waals surface area contributed by atoms with Crippen molar-refractivity contribution >= 4 is 5.78 Å². The van der Waals surface area contributed by atoms with Gasteiger partial charge in [-0.3, -0.25) is 4.79 Å². The number of hydrogen-bond donors (Lipinski definition) is 3. The van der Waals surface area contributed by atoms with E-state index in [4.69, 9.17) is 10.5 Å². The Kier molecular flexibility index (Phi) is 5.79. The van der Waals surface area contributed by atoms with Crippen molar-refractivity contribution in [3.8, 4) is 0 Å². The minimum Gasteiger partial charge on any atom is -0.491 e. The maximum atomic E-state index is 12.0. The highest BCUT2D eigenvalue weighted by molar-refractivity contribution is 5.98. The average molecular weight is 266 g/mol. The van der Waals surface area contributed by atoms with Gasteiger partial charge in [-0.15, -0.1) is 0 Å². The molecule has 0 bridgehead atoms. The first-order valence-corrected chi connectivity index (χ1v) is 6.38. The van der Waals surface area contributed by atoms with Crippen molar-refractivity contribution in [2.45, 2.75) is 26.9 Å². The van der Waals surface area contributed by atoms with Crippen molar-refractivity contribution in [3.05, 3.63) is 35.4 Å². The van der Waals surface area contributed by atoms with Crippen LogP contribution in [0.3, 0.4) is 0 Å². The number of nitrogens with one attached hydrogen (secondary N) is 1. The molecule has 1 aliphatic heterocycles. The molecule has 0 aliphatic carbocycles. The summed E-state index contributed by atoms with van der Waals surface area (Å²) in [5.41, 5.74) is 6.87. The number of carbonyl (C=O) groups is 1. The lowest BCUT2D eigenvalue weighted by molar-refractivity contribution is -0.118. The van der Waals surface area contributed by atoms with Crippen molar-refractivity contribution in [1.82, 2.24) is 5.32 Å². The molecule has 106 valence electrons. The molecule has 0 spiro atoms. The molecule has 0 saturated carbocycles. The van der Waals surface area contributed by atoms with Gasteiger partial charge in [-0.2, -0.15) is 0 Å². The molecule has 1 atom stereocenters. The van der Waals surface area contributed by atoms with Crippen LogP contribution in [0.2, 0.25) is 0 Å². The molecule has 19 heavy (non-hydrogen) atoms. The van der Waals surface area contributed by atoms with Gasteiger partial charge >= 0.3 is 0 Å². The van der Waals surface area contributed by atoms with Gasteiger partial charge in [-0.05, 0) is 13.0 Å². The molecule has 1 rings (SSSR count). The number of dihydropyridines is 1. The van der Waals surface area contributed by atoms with E-state index >= 15 is 0 Å². The van der Waals surface area contributed by atoms with Crippen LogP contribution in [0, 0.1) is 5.92 Å². The van der Waals surface area contributed by atoms with E-state index < -0.39 is 6.10 Å². The summed E-state index contributed by atoms with van der Waals surface area (Å²) in [6.45, 7) is 5.71. The van der Waals surface area contributed by atoms with Gasteiger partial charge in [0.1, 0.15) is 12.4 Å². The number of aliphatic hydroxyl groups is 1. The van der Waals surface area contributed by atoms with Gasteiger partial charge in [0.15, 0.2) is 5.78 Å². The molecular weight excluding hydrogens is 244 g/mol. The fraction of sp³-hybridized carbons (Fsp3) is 0.500. The summed E-state index contributed by atoms with van der Waals surface area (Å²) < 4.78 is 5.41. The number of allylic oxidation sites excluding steroid dienone is 2. The summed E-state index contributed by atoms with van der Waals surface area (Å²) in [5, 5.41) is 12.2. The van der Waals surface area contributed by atoms with Gasteiger partial charge in [0.2, 0.25) is 0 Å². The molecule has 0 aromatic rings. The summed E-state index contributed by atoms with van der Waals surface area (Å²) in [4.78, 5) is 12.0. The van der Waals surface area contributed by atoms with E-state index in [0.29, 0.717) is 17.0 Å². The van der Waals surface area contributed by atoms with Gasteiger partial charge in [-0.25, -0.2) is 0 Å². The first-order valence-electron chi connectivity index (χ1n) is 6.38. The van der Waals surface area contributed by atoms with Crippen LogP contribution in [0.5, 0.6) is 0 Å². The Hall–Kier alpha value is -1.59. The molecule has 1 aliphatic rings. The van der Waals surface area contributed by atoms with Crippen LogP contribution in [-0.4, -0.2) is 30.1 Å². The average Bonchev–Trinajstić information content (AvgIpc) is 2.37. The minimum absolute atomic E-state index is 0.0198. The Morgan fingerprint density at radius 2 is 2.16 bits per heavy atom. The predicted octanol–water partition coefficient (Wildman–Crippen LogP) is 0.822. The van der Waals surface area contributed by atoms with Gasteiger partial charge in [0.25, 0.3) is 0 Å². The number of rotatable bonds is 6. The maximum Gasteiger partial charge on any atom is 0.164 e. The number of ketones is 1. The molecule has 1 unspecified atom stereocenters. The lowest BCUT2D eigenvalue weighted by Gasteiger charge is -2.17. The Morgan fingerprint density at radius 1 is 1.47 bits per heavy atom. The molecular formula is C14H22N2O3. The van der Waals surface area contributed by atoms with Crippen molar-refractivity contribution in [1.29, 1.82) is 0 Å². The second-order valence-electron chi connectivity index (χ2n) is 4.80. The third-order valence-electron chi connectivity index (χ3n) is 2.62. The summed E-state index contributed by atoms with van der Waals surface area (Å²) in [5.74, 6) is 0.512. The molecule has 0 aromatic heterocycles. The lowest BCUT2D eigenvalue weighted by Crippen LogP contribution is -2.24. The van der Waals surface area contributed by atoms with Crippen molar-refractivity contribution in [2.24, 2.45) is 11.7 Å². The predicted molar refractivity (Wildman–Crippen MR) is 73.9 cm³/mol. The van der Waals surface area contributed by atoms with Gasteiger partial charge in [0, 0.05) is 36.0 Å². The van der Waals surface area contributed by atoms with Crippen LogP contribution in [0.4, 0.5) is 0 Å². The second kappa shape index (κ2) is 7.11. The van der Waals surface area contributed by atoms with Crippen molar-refractivity contribution in [3.63, 3.8) is 0 Å². The van der Waals surface area contributed by atoms with Crippen LogP contribution >= 0.6 is 0 Å². The van der Waals surface area contributed by atoms with E-state index in [1.165, 1.54) is 0 Å². The molecule has 0 fully saturated rings. The largest absolute Gasteiger partial charge is 0.491 e. The van der Waals surface area contributed by atoms with E-state index in [2.05, 4.69) is 5.32 Å². The Bertz CT molecular complexity index is 420. The highest BCUT2D eigenvalue weighted by atomic mass is 16.5. The highest BCUT2D eigenvalue weighted by Crippen LogP contribution is 2.16. The zero-order valence-electron chi connectivity index (χ0n) is 11.6. The fourth-order valence-electron chi connectivity index (χ4n) is 1.62. The normalized spacial score (nSPS) is 18.7. The molecule has 0 radical (unpaired) electrons. The first kappa shape index (κ1) is 15.5. The monoisotopic (exact) mass is 266 g/mol. The van der Waals surface area contributed by atoms with Gasteiger partial charge in [0.05, 0.1) is 6.10 Å². The number of hydrogen-bond acceptors (Lipinski definition) is 5. The fourth-order valence-corrected chi connectivity index (χ4v) is 1.62.